The second kappa shape index (κ2) is 7.84. The zero-order valence-corrected chi connectivity index (χ0v) is 16.7. The van der Waals surface area contributed by atoms with E-state index >= 15 is 0 Å². The molecular formula is C21H22F2N2O3S. The maximum Gasteiger partial charge on any atom is 0.253 e. The summed E-state index contributed by atoms with van der Waals surface area (Å²) < 4.78 is 53.8. The van der Waals surface area contributed by atoms with Gasteiger partial charge >= 0.3 is 0 Å². The number of aryl methyl sites for hydroxylation is 2. The second-order valence-electron chi connectivity index (χ2n) is 7.46. The van der Waals surface area contributed by atoms with Crippen molar-refractivity contribution in [2.24, 2.45) is 0 Å². The van der Waals surface area contributed by atoms with Crippen LogP contribution < -0.4 is 0 Å². The fourth-order valence-corrected chi connectivity index (χ4v) is 5.49. The van der Waals surface area contributed by atoms with Gasteiger partial charge in [0.05, 0.1) is 0 Å². The summed E-state index contributed by atoms with van der Waals surface area (Å²) in [5, 5.41) is 0. The van der Waals surface area contributed by atoms with Crippen LogP contribution in [0.4, 0.5) is 8.78 Å². The van der Waals surface area contributed by atoms with E-state index in [2.05, 4.69) is 0 Å². The maximum absolute atomic E-state index is 13.9. The number of carbonyl (C=O) groups excluding carboxylic acids is 1. The lowest BCUT2D eigenvalue weighted by atomic mass is 9.90. The molecule has 0 bridgehead atoms. The van der Waals surface area contributed by atoms with Gasteiger partial charge in [0, 0.05) is 31.7 Å². The van der Waals surface area contributed by atoms with Gasteiger partial charge in [-0.15, -0.1) is 0 Å². The third-order valence-electron chi connectivity index (χ3n) is 5.63. The summed E-state index contributed by atoms with van der Waals surface area (Å²) in [7, 11) is -4.16. The Morgan fingerprint density at radius 3 is 2.28 bits per heavy atom. The van der Waals surface area contributed by atoms with Crippen LogP contribution in [0.2, 0.25) is 0 Å². The number of sulfonamides is 1. The van der Waals surface area contributed by atoms with Gasteiger partial charge in [-0.2, -0.15) is 4.31 Å². The Balaban J connectivity index is 1.46. The van der Waals surface area contributed by atoms with Gasteiger partial charge in [0.1, 0.15) is 16.5 Å². The first-order chi connectivity index (χ1) is 13.9. The lowest BCUT2D eigenvalue weighted by molar-refractivity contribution is 0.0697. The van der Waals surface area contributed by atoms with Crippen LogP contribution in [0.3, 0.4) is 0 Å². The summed E-state index contributed by atoms with van der Waals surface area (Å²) in [6.07, 6.45) is 4.30. The molecule has 29 heavy (non-hydrogen) atoms. The second-order valence-corrected chi connectivity index (χ2v) is 9.37. The molecule has 5 nitrogen and oxygen atoms in total. The van der Waals surface area contributed by atoms with Gasteiger partial charge in [0.25, 0.3) is 5.91 Å². The molecule has 0 spiro atoms. The van der Waals surface area contributed by atoms with E-state index in [-0.39, 0.29) is 32.1 Å². The van der Waals surface area contributed by atoms with E-state index in [0.717, 1.165) is 35.7 Å². The maximum atomic E-state index is 13.9. The van der Waals surface area contributed by atoms with Crippen molar-refractivity contribution in [3.05, 3.63) is 64.7 Å². The lowest BCUT2D eigenvalue weighted by Gasteiger charge is -2.34. The minimum absolute atomic E-state index is 0.0367. The predicted octanol–water partition coefficient (Wildman–Crippen LogP) is 2.99. The van der Waals surface area contributed by atoms with Gasteiger partial charge in [-0.25, -0.2) is 17.2 Å². The third-order valence-corrected chi connectivity index (χ3v) is 7.55. The predicted molar refractivity (Wildman–Crippen MR) is 104 cm³/mol. The Labute approximate surface area is 169 Å². The van der Waals surface area contributed by atoms with Crippen molar-refractivity contribution in [2.75, 3.05) is 26.2 Å². The number of amides is 1. The van der Waals surface area contributed by atoms with Crippen molar-refractivity contribution in [3.8, 4) is 0 Å². The third kappa shape index (κ3) is 3.91. The van der Waals surface area contributed by atoms with Crippen LogP contribution in [0.15, 0.2) is 41.3 Å². The molecule has 2 aromatic carbocycles. The molecule has 154 valence electrons. The van der Waals surface area contributed by atoms with E-state index in [0.29, 0.717) is 11.6 Å². The summed E-state index contributed by atoms with van der Waals surface area (Å²) in [5.74, 6) is -1.93. The quantitative estimate of drug-likeness (QED) is 0.767. The Kier molecular flexibility index (Phi) is 5.40. The van der Waals surface area contributed by atoms with Crippen LogP contribution in [0.5, 0.6) is 0 Å². The van der Waals surface area contributed by atoms with Crippen LogP contribution in [0.1, 0.15) is 34.3 Å². The molecule has 0 unspecified atom stereocenters. The Morgan fingerprint density at radius 2 is 1.55 bits per heavy atom. The molecule has 8 heteroatoms. The molecule has 0 saturated carbocycles. The molecule has 1 amide bonds. The smallest absolute Gasteiger partial charge is 0.253 e. The molecule has 2 aliphatic rings. The summed E-state index contributed by atoms with van der Waals surface area (Å²) in [6, 6.07) is 8.16. The number of fused-ring (bicyclic) bond motifs is 1. The summed E-state index contributed by atoms with van der Waals surface area (Å²) in [4.78, 5) is 13.8. The molecule has 1 heterocycles. The Bertz CT molecular complexity index is 1050. The molecule has 1 aliphatic heterocycles. The van der Waals surface area contributed by atoms with Gasteiger partial charge in [-0.3, -0.25) is 4.79 Å². The molecular weight excluding hydrogens is 398 g/mol. The summed E-state index contributed by atoms with van der Waals surface area (Å²) in [5.41, 5.74) is 3.11. The highest BCUT2D eigenvalue weighted by Gasteiger charge is 2.32. The molecule has 2 aromatic rings. The molecule has 0 radical (unpaired) electrons. The molecule has 1 saturated heterocycles. The highest BCUT2D eigenvalue weighted by Crippen LogP contribution is 2.24. The van der Waals surface area contributed by atoms with E-state index in [1.165, 1.54) is 17.5 Å². The number of hydrogen-bond acceptors (Lipinski definition) is 3. The molecule has 1 fully saturated rings. The van der Waals surface area contributed by atoms with E-state index in [9.17, 15) is 22.0 Å². The standard InChI is InChI=1S/C21H22F2N2O3S/c22-18-7-8-19(23)20(14-18)29(27,28)25-11-9-24(10-12-25)21(26)17-6-5-15-3-1-2-4-16(15)13-17/h5-8,13-14H,1-4,9-12H2. The summed E-state index contributed by atoms with van der Waals surface area (Å²) in [6.45, 7) is 0.474. The monoisotopic (exact) mass is 420 g/mol. The molecule has 0 N–H and O–H groups in total. The SMILES string of the molecule is O=C(c1ccc2c(c1)CCCC2)N1CCN(S(=O)(=O)c2cc(F)ccc2F)CC1. The minimum Gasteiger partial charge on any atom is -0.336 e. The highest BCUT2D eigenvalue weighted by molar-refractivity contribution is 7.89. The van der Waals surface area contributed by atoms with Crippen LogP contribution in [0.25, 0.3) is 0 Å². The minimum atomic E-state index is -4.16. The van der Waals surface area contributed by atoms with Gasteiger partial charge in [0.2, 0.25) is 10.0 Å². The Hall–Kier alpha value is -2.32. The average Bonchev–Trinajstić information content (AvgIpc) is 2.74. The van der Waals surface area contributed by atoms with Gasteiger partial charge in [0.15, 0.2) is 0 Å². The zero-order valence-electron chi connectivity index (χ0n) is 15.9. The van der Waals surface area contributed by atoms with Crippen LogP contribution in [0, 0.1) is 11.6 Å². The first kappa shape index (κ1) is 20.0. The normalized spacial score (nSPS) is 17.8. The highest BCUT2D eigenvalue weighted by atomic mass is 32.2. The van der Waals surface area contributed by atoms with Gasteiger partial charge in [-0.1, -0.05) is 6.07 Å². The number of nitrogens with zero attached hydrogens (tertiary/aromatic N) is 2. The van der Waals surface area contributed by atoms with E-state index in [4.69, 9.17) is 0 Å². The average molecular weight is 420 g/mol. The number of rotatable bonds is 3. The van der Waals surface area contributed by atoms with Gasteiger partial charge < -0.3 is 4.90 Å². The molecule has 1 aliphatic carbocycles. The zero-order chi connectivity index (χ0) is 20.6. The molecule has 0 aromatic heterocycles. The van der Waals surface area contributed by atoms with Crippen molar-refractivity contribution < 1.29 is 22.0 Å². The van der Waals surface area contributed by atoms with E-state index < -0.39 is 26.6 Å². The van der Waals surface area contributed by atoms with Crippen LogP contribution in [-0.2, 0) is 22.9 Å². The number of benzene rings is 2. The molecule has 4 rings (SSSR count). The van der Waals surface area contributed by atoms with Crippen molar-refractivity contribution in [2.45, 2.75) is 30.6 Å². The van der Waals surface area contributed by atoms with Gasteiger partial charge in [-0.05, 0) is 67.1 Å². The number of piperazine rings is 1. The lowest BCUT2D eigenvalue weighted by Crippen LogP contribution is -2.50. The summed E-state index contributed by atoms with van der Waals surface area (Å²) >= 11 is 0. The fraction of sp³-hybridized carbons (Fsp3) is 0.381. The van der Waals surface area contributed by atoms with Crippen LogP contribution in [-0.4, -0.2) is 49.7 Å². The molecule has 0 atom stereocenters. The first-order valence-corrected chi connectivity index (χ1v) is 11.2. The topological polar surface area (TPSA) is 57.7 Å². The van der Waals surface area contributed by atoms with Crippen molar-refractivity contribution >= 4 is 15.9 Å². The Morgan fingerprint density at radius 1 is 0.862 bits per heavy atom. The van der Waals surface area contributed by atoms with Crippen molar-refractivity contribution in [3.63, 3.8) is 0 Å². The van der Waals surface area contributed by atoms with E-state index in [1.807, 2.05) is 18.2 Å². The first-order valence-electron chi connectivity index (χ1n) is 9.72. The number of halogens is 2. The van der Waals surface area contributed by atoms with E-state index in [1.54, 1.807) is 4.90 Å². The number of carbonyl (C=O) groups is 1. The fourth-order valence-electron chi connectivity index (χ4n) is 3.99. The van der Waals surface area contributed by atoms with Crippen molar-refractivity contribution in [1.82, 2.24) is 9.21 Å². The van der Waals surface area contributed by atoms with Crippen LogP contribution >= 0.6 is 0 Å². The number of hydrogen-bond donors (Lipinski definition) is 0. The van der Waals surface area contributed by atoms with Crippen molar-refractivity contribution in [1.29, 1.82) is 0 Å². The largest absolute Gasteiger partial charge is 0.336 e.